The molecule has 1 N–H and O–H groups in total. The third-order valence-electron chi connectivity index (χ3n) is 2.53. The molecule has 0 fully saturated rings. The van der Waals surface area contributed by atoms with Gasteiger partial charge in [-0.05, 0) is 18.6 Å². The number of imidazole rings is 1. The summed E-state index contributed by atoms with van der Waals surface area (Å²) in [5.41, 5.74) is 3.16. The lowest BCUT2D eigenvalue weighted by molar-refractivity contribution is 0.277. The molecule has 0 aliphatic carbocycles. The lowest BCUT2D eigenvalue weighted by Gasteiger charge is -1.95. The molecule has 3 nitrogen and oxygen atoms in total. The van der Waals surface area contributed by atoms with Crippen LogP contribution in [0.3, 0.4) is 0 Å². The molecule has 2 aromatic heterocycles. The lowest BCUT2D eigenvalue weighted by atomic mass is 10.2. The van der Waals surface area contributed by atoms with Crippen LogP contribution < -0.4 is 0 Å². The molecule has 2 heterocycles. The normalized spacial score (nSPS) is 11.6. The van der Waals surface area contributed by atoms with Crippen LogP contribution in [0.1, 0.15) is 11.3 Å². The molecule has 0 saturated carbocycles. The molecule has 0 atom stereocenters. The van der Waals surface area contributed by atoms with Crippen LogP contribution in [0.4, 0.5) is 0 Å². The first-order valence-electron chi connectivity index (χ1n) is 4.76. The molecule has 0 amide bonds. The average Bonchev–Trinajstić information content (AvgIpc) is 2.73. The maximum atomic E-state index is 9.03. The SMILES string of the molecule is Cc1cccc2sc3nc(CO)cn3c12. The molecule has 0 aliphatic heterocycles. The fourth-order valence-corrected chi connectivity index (χ4v) is 2.94. The number of benzene rings is 1. The Morgan fingerprint density at radius 2 is 2.33 bits per heavy atom. The van der Waals surface area contributed by atoms with Gasteiger partial charge in [-0.3, -0.25) is 4.40 Å². The van der Waals surface area contributed by atoms with E-state index in [1.54, 1.807) is 11.3 Å². The summed E-state index contributed by atoms with van der Waals surface area (Å²) in [6.07, 6.45) is 1.90. The number of nitrogens with zero attached hydrogens (tertiary/aromatic N) is 2. The molecule has 15 heavy (non-hydrogen) atoms. The molecule has 3 aromatic rings. The zero-order valence-corrected chi connectivity index (χ0v) is 9.08. The van der Waals surface area contributed by atoms with Gasteiger partial charge in [0.25, 0.3) is 0 Å². The van der Waals surface area contributed by atoms with Crippen LogP contribution in [0.5, 0.6) is 0 Å². The summed E-state index contributed by atoms with van der Waals surface area (Å²) in [7, 11) is 0. The first kappa shape index (κ1) is 8.88. The van der Waals surface area contributed by atoms with E-state index in [9.17, 15) is 0 Å². The Morgan fingerprint density at radius 3 is 3.13 bits per heavy atom. The van der Waals surface area contributed by atoms with E-state index in [2.05, 4.69) is 34.5 Å². The minimum atomic E-state index is 0.00176. The highest BCUT2D eigenvalue weighted by atomic mass is 32.1. The number of aliphatic hydroxyl groups is 1. The van der Waals surface area contributed by atoms with Crippen molar-refractivity contribution in [2.24, 2.45) is 0 Å². The predicted molar refractivity (Wildman–Crippen MR) is 61.2 cm³/mol. The molecular weight excluding hydrogens is 208 g/mol. The van der Waals surface area contributed by atoms with Crippen LogP contribution in [0.2, 0.25) is 0 Å². The Hall–Kier alpha value is -1.39. The van der Waals surface area contributed by atoms with Gasteiger partial charge >= 0.3 is 0 Å². The van der Waals surface area contributed by atoms with Crippen molar-refractivity contribution in [2.75, 3.05) is 0 Å². The van der Waals surface area contributed by atoms with Gasteiger partial charge in [0, 0.05) is 6.20 Å². The molecular formula is C11H10N2OS. The number of hydrogen-bond donors (Lipinski definition) is 1. The number of thiazole rings is 1. The molecule has 0 spiro atoms. The van der Waals surface area contributed by atoms with Crippen LogP contribution in [0.25, 0.3) is 15.2 Å². The third kappa shape index (κ3) is 1.19. The van der Waals surface area contributed by atoms with Crippen molar-refractivity contribution in [3.05, 3.63) is 35.7 Å². The van der Waals surface area contributed by atoms with Crippen molar-refractivity contribution >= 4 is 26.5 Å². The van der Waals surface area contributed by atoms with Crippen LogP contribution in [0.15, 0.2) is 24.4 Å². The van der Waals surface area contributed by atoms with Crippen LogP contribution in [0, 0.1) is 6.92 Å². The maximum absolute atomic E-state index is 9.03. The second-order valence-electron chi connectivity index (χ2n) is 3.57. The smallest absolute Gasteiger partial charge is 0.195 e. The van der Waals surface area contributed by atoms with Gasteiger partial charge in [-0.15, -0.1) is 0 Å². The van der Waals surface area contributed by atoms with E-state index < -0.39 is 0 Å². The number of aromatic nitrogens is 2. The number of para-hydroxylation sites is 1. The topological polar surface area (TPSA) is 37.5 Å². The first-order valence-corrected chi connectivity index (χ1v) is 5.58. The van der Waals surface area contributed by atoms with Crippen molar-refractivity contribution in [1.82, 2.24) is 9.38 Å². The van der Waals surface area contributed by atoms with Gasteiger partial charge in [0.05, 0.1) is 22.5 Å². The monoisotopic (exact) mass is 218 g/mol. The Kier molecular flexibility index (Phi) is 1.81. The summed E-state index contributed by atoms with van der Waals surface area (Å²) in [6.45, 7) is 2.09. The maximum Gasteiger partial charge on any atom is 0.195 e. The quantitative estimate of drug-likeness (QED) is 0.680. The zero-order chi connectivity index (χ0) is 10.4. The highest BCUT2D eigenvalue weighted by molar-refractivity contribution is 7.23. The van der Waals surface area contributed by atoms with E-state index in [0.29, 0.717) is 0 Å². The fraction of sp³-hybridized carbons (Fsp3) is 0.182. The molecule has 1 aromatic carbocycles. The van der Waals surface area contributed by atoms with Crippen LogP contribution in [-0.4, -0.2) is 14.5 Å². The van der Waals surface area contributed by atoms with E-state index in [4.69, 9.17) is 5.11 Å². The Labute approximate surface area is 90.6 Å². The summed E-state index contributed by atoms with van der Waals surface area (Å²) in [4.78, 5) is 5.29. The Bertz CT molecular complexity index is 638. The van der Waals surface area contributed by atoms with Crippen LogP contribution >= 0.6 is 11.3 Å². The van der Waals surface area contributed by atoms with Gasteiger partial charge in [0.2, 0.25) is 0 Å². The van der Waals surface area contributed by atoms with Gasteiger partial charge < -0.3 is 5.11 Å². The number of aliphatic hydroxyl groups excluding tert-OH is 1. The van der Waals surface area contributed by atoms with Gasteiger partial charge in [-0.2, -0.15) is 0 Å². The fourth-order valence-electron chi connectivity index (χ4n) is 1.84. The van der Waals surface area contributed by atoms with E-state index in [1.165, 1.54) is 15.8 Å². The minimum Gasteiger partial charge on any atom is -0.390 e. The highest BCUT2D eigenvalue weighted by Gasteiger charge is 2.09. The van der Waals surface area contributed by atoms with E-state index >= 15 is 0 Å². The Morgan fingerprint density at radius 1 is 1.47 bits per heavy atom. The van der Waals surface area contributed by atoms with E-state index in [-0.39, 0.29) is 6.61 Å². The van der Waals surface area contributed by atoms with Gasteiger partial charge in [0.15, 0.2) is 4.96 Å². The number of aryl methyl sites for hydroxylation is 1. The van der Waals surface area contributed by atoms with Gasteiger partial charge in [-0.25, -0.2) is 4.98 Å². The average molecular weight is 218 g/mol. The number of fused-ring (bicyclic) bond motifs is 3. The lowest BCUT2D eigenvalue weighted by Crippen LogP contribution is -1.82. The summed E-state index contributed by atoms with van der Waals surface area (Å²) in [6, 6.07) is 6.24. The molecule has 3 rings (SSSR count). The highest BCUT2D eigenvalue weighted by Crippen LogP contribution is 2.28. The number of rotatable bonds is 1. The Balaban J connectivity index is 2.48. The second kappa shape index (κ2) is 3.05. The first-order chi connectivity index (χ1) is 7.29. The number of hydrogen-bond acceptors (Lipinski definition) is 3. The molecule has 0 radical (unpaired) electrons. The van der Waals surface area contributed by atoms with E-state index in [0.717, 1.165) is 10.7 Å². The summed E-state index contributed by atoms with van der Waals surface area (Å²) < 4.78 is 3.29. The predicted octanol–water partition coefficient (Wildman–Crippen LogP) is 2.35. The van der Waals surface area contributed by atoms with Crippen molar-refractivity contribution in [1.29, 1.82) is 0 Å². The van der Waals surface area contributed by atoms with Crippen molar-refractivity contribution < 1.29 is 5.11 Å². The van der Waals surface area contributed by atoms with Gasteiger partial charge in [-0.1, -0.05) is 23.5 Å². The van der Waals surface area contributed by atoms with E-state index in [1.807, 2.05) is 6.20 Å². The van der Waals surface area contributed by atoms with Gasteiger partial charge in [0.1, 0.15) is 0 Å². The largest absolute Gasteiger partial charge is 0.390 e. The summed E-state index contributed by atoms with van der Waals surface area (Å²) in [5.74, 6) is 0. The minimum absolute atomic E-state index is 0.00176. The summed E-state index contributed by atoms with van der Waals surface area (Å²) >= 11 is 1.65. The van der Waals surface area contributed by atoms with Crippen LogP contribution in [-0.2, 0) is 6.61 Å². The molecule has 0 bridgehead atoms. The molecule has 0 unspecified atom stereocenters. The molecule has 4 heteroatoms. The third-order valence-corrected chi connectivity index (χ3v) is 3.55. The standard InChI is InChI=1S/C11H10N2OS/c1-7-3-2-4-9-10(7)13-5-8(6-14)12-11(13)15-9/h2-5,14H,6H2,1H3. The molecule has 0 aliphatic rings. The molecule has 0 saturated heterocycles. The van der Waals surface area contributed by atoms with Crippen molar-refractivity contribution in [3.63, 3.8) is 0 Å². The second-order valence-corrected chi connectivity index (χ2v) is 4.58. The molecule has 76 valence electrons. The zero-order valence-electron chi connectivity index (χ0n) is 8.27. The summed E-state index contributed by atoms with van der Waals surface area (Å²) in [5, 5.41) is 9.03. The van der Waals surface area contributed by atoms with Crippen molar-refractivity contribution in [2.45, 2.75) is 13.5 Å². The van der Waals surface area contributed by atoms with Crippen molar-refractivity contribution in [3.8, 4) is 0 Å².